The first-order valence-corrected chi connectivity index (χ1v) is 12.6. The van der Waals surface area contributed by atoms with Gasteiger partial charge in [-0.15, -0.1) is 0 Å². The molecule has 1 aliphatic heterocycles. The van der Waals surface area contributed by atoms with E-state index in [-0.39, 0.29) is 11.8 Å². The smallest absolute Gasteiger partial charge is 0.234 e. The van der Waals surface area contributed by atoms with E-state index in [0.717, 1.165) is 49.2 Å². The van der Waals surface area contributed by atoms with Gasteiger partial charge in [0.2, 0.25) is 11.8 Å². The van der Waals surface area contributed by atoms with E-state index in [2.05, 4.69) is 34.5 Å². The molecule has 2 aromatic rings. The predicted octanol–water partition coefficient (Wildman–Crippen LogP) is 4.17. The minimum Gasteiger partial charge on any atom is -0.493 e. The summed E-state index contributed by atoms with van der Waals surface area (Å²) in [5.74, 6) is 1.11. The van der Waals surface area contributed by atoms with Crippen molar-refractivity contribution in [1.82, 2.24) is 15.1 Å². The molecule has 0 unspecified atom stereocenters. The van der Waals surface area contributed by atoms with E-state index in [0.29, 0.717) is 45.6 Å². The minimum atomic E-state index is 0.0543. The average molecular weight is 466 g/mol. The third-order valence-electron chi connectivity index (χ3n) is 6.28. The number of ether oxygens (including phenoxy) is 1. The van der Waals surface area contributed by atoms with Crippen LogP contribution in [0.2, 0.25) is 0 Å². The van der Waals surface area contributed by atoms with Crippen molar-refractivity contribution in [3.63, 3.8) is 0 Å². The van der Waals surface area contributed by atoms with Gasteiger partial charge in [-0.2, -0.15) is 0 Å². The van der Waals surface area contributed by atoms with Crippen LogP contribution in [0.5, 0.6) is 5.75 Å². The molecule has 184 valence electrons. The first-order chi connectivity index (χ1) is 16.6. The second-order valence-corrected chi connectivity index (χ2v) is 8.90. The Morgan fingerprint density at radius 2 is 1.79 bits per heavy atom. The summed E-state index contributed by atoms with van der Waals surface area (Å²) < 4.78 is 6.17. The molecule has 6 heteroatoms. The number of amides is 2. The van der Waals surface area contributed by atoms with Gasteiger partial charge in [-0.3, -0.25) is 14.5 Å². The molecule has 0 spiro atoms. The molecular formula is C28H39N3O3. The van der Waals surface area contributed by atoms with E-state index in [1.165, 1.54) is 5.56 Å². The standard InChI is InChI=1S/C28H39N3O3/c1-3-31(4-2)28(33)16-14-23-13-15-26-25(19-23)21-30(20-24-11-7-5-8-12-24)22-27(32)29-17-9-6-10-18-34-26/h5,7-8,11-13,15,19H,3-4,6,9-10,14,16-18,20-22H2,1-2H3,(H,29,32). The number of carbonyl (C=O) groups excluding carboxylic acids is 2. The lowest BCUT2D eigenvalue weighted by molar-refractivity contribution is -0.130. The summed E-state index contributed by atoms with van der Waals surface area (Å²) in [7, 11) is 0. The predicted molar refractivity (Wildman–Crippen MR) is 136 cm³/mol. The van der Waals surface area contributed by atoms with E-state index >= 15 is 0 Å². The van der Waals surface area contributed by atoms with E-state index in [9.17, 15) is 9.59 Å². The van der Waals surface area contributed by atoms with Crippen molar-refractivity contribution >= 4 is 11.8 Å². The zero-order chi connectivity index (χ0) is 24.2. The molecule has 0 aromatic heterocycles. The fourth-order valence-corrected chi connectivity index (χ4v) is 4.36. The van der Waals surface area contributed by atoms with Crippen LogP contribution in [0.3, 0.4) is 0 Å². The summed E-state index contributed by atoms with van der Waals surface area (Å²) in [5, 5.41) is 3.06. The molecule has 1 aliphatic rings. The molecule has 0 saturated heterocycles. The van der Waals surface area contributed by atoms with Gasteiger partial charge in [0, 0.05) is 44.7 Å². The second-order valence-electron chi connectivity index (χ2n) is 8.90. The van der Waals surface area contributed by atoms with E-state index in [1.54, 1.807) is 0 Å². The molecule has 6 nitrogen and oxygen atoms in total. The normalized spacial score (nSPS) is 15.6. The highest BCUT2D eigenvalue weighted by molar-refractivity contribution is 5.78. The number of hydrogen-bond donors (Lipinski definition) is 1. The quantitative estimate of drug-likeness (QED) is 0.667. The maximum Gasteiger partial charge on any atom is 0.234 e. The third-order valence-corrected chi connectivity index (χ3v) is 6.28. The Balaban J connectivity index is 1.81. The summed E-state index contributed by atoms with van der Waals surface area (Å²) in [6.07, 6.45) is 4.14. The number of fused-ring (bicyclic) bond motifs is 1. The third kappa shape index (κ3) is 8.17. The van der Waals surface area contributed by atoms with Gasteiger partial charge in [0.25, 0.3) is 0 Å². The van der Waals surface area contributed by atoms with Crippen molar-refractivity contribution in [2.24, 2.45) is 0 Å². The summed E-state index contributed by atoms with van der Waals surface area (Å²) >= 11 is 0. The fraction of sp³-hybridized carbons (Fsp3) is 0.500. The Bertz CT molecular complexity index is 912. The zero-order valence-electron chi connectivity index (χ0n) is 20.7. The first kappa shape index (κ1) is 25.8. The number of benzene rings is 2. The molecule has 2 aromatic carbocycles. The average Bonchev–Trinajstić information content (AvgIpc) is 2.85. The first-order valence-electron chi connectivity index (χ1n) is 12.6. The van der Waals surface area contributed by atoms with Crippen LogP contribution in [-0.4, -0.2) is 54.4 Å². The zero-order valence-corrected chi connectivity index (χ0v) is 20.7. The number of nitrogens with one attached hydrogen (secondary N) is 1. The van der Waals surface area contributed by atoms with Gasteiger partial charge in [-0.1, -0.05) is 42.5 Å². The molecule has 0 bridgehead atoms. The summed E-state index contributed by atoms with van der Waals surface area (Å²) in [4.78, 5) is 29.2. The van der Waals surface area contributed by atoms with Gasteiger partial charge in [-0.05, 0) is 56.7 Å². The van der Waals surface area contributed by atoms with Crippen molar-refractivity contribution < 1.29 is 14.3 Å². The lowest BCUT2D eigenvalue weighted by atomic mass is 10.0. The number of aryl methyl sites for hydroxylation is 1. The molecule has 34 heavy (non-hydrogen) atoms. The lowest BCUT2D eigenvalue weighted by Gasteiger charge is -2.24. The molecule has 0 aliphatic carbocycles. The van der Waals surface area contributed by atoms with Gasteiger partial charge >= 0.3 is 0 Å². The van der Waals surface area contributed by atoms with Gasteiger partial charge in [0.15, 0.2) is 0 Å². The SMILES string of the molecule is CCN(CC)C(=O)CCc1ccc2c(c1)CN(Cc1ccccc1)CC(=O)NCCCCCO2. The second kappa shape index (κ2) is 13.8. The Hall–Kier alpha value is -2.86. The van der Waals surface area contributed by atoms with Crippen molar-refractivity contribution in [1.29, 1.82) is 0 Å². The molecule has 2 amide bonds. The molecule has 1 N–H and O–H groups in total. The Kier molecular flexibility index (Phi) is 10.4. The molecule has 0 atom stereocenters. The highest BCUT2D eigenvalue weighted by atomic mass is 16.5. The fourth-order valence-electron chi connectivity index (χ4n) is 4.36. The van der Waals surface area contributed by atoms with E-state index in [1.807, 2.05) is 43.0 Å². The summed E-state index contributed by atoms with van der Waals surface area (Å²) in [5.41, 5.74) is 3.36. The van der Waals surface area contributed by atoms with Crippen molar-refractivity contribution in [2.75, 3.05) is 32.8 Å². The molecular weight excluding hydrogens is 426 g/mol. The van der Waals surface area contributed by atoms with Crippen LogP contribution in [0.1, 0.15) is 56.2 Å². The van der Waals surface area contributed by atoms with Gasteiger partial charge in [-0.25, -0.2) is 0 Å². The van der Waals surface area contributed by atoms with Crippen molar-refractivity contribution in [3.8, 4) is 5.75 Å². The highest BCUT2D eigenvalue weighted by Gasteiger charge is 2.17. The number of hydrogen-bond acceptors (Lipinski definition) is 4. The van der Waals surface area contributed by atoms with Crippen LogP contribution in [0, 0.1) is 0 Å². The Labute approximate surface area is 204 Å². The van der Waals surface area contributed by atoms with Crippen LogP contribution >= 0.6 is 0 Å². The van der Waals surface area contributed by atoms with Gasteiger partial charge in [0.05, 0.1) is 13.2 Å². The van der Waals surface area contributed by atoms with E-state index < -0.39 is 0 Å². The summed E-state index contributed by atoms with van der Waals surface area (Å²) in [6, 6.07) is 16.5. The van der Waals surface area contributed by atoms with Gasteiger partial charge in [0.1, 0.15) is 5.75 Å². The van der Waals surface area contributed by atoms with Crippen LogP contribution in [-0.2, 0) is 29.1 Å². The van der Waals surface area contributed by atoms with Crippen LogP contribution < -0.4 is 10.1 Å². The Morgan fingerprint density at radius 1 is 1.00 bits per heavy atom. The molecule has 1 heterocycles. The highest BCUT2D eigenvalue weighted by Crippen LogP contribution is 2.24. The van der Waals surface area contributed by atoms with Crippen LogP contribution in [0.4, 0.5) is 0 Å². The molecule has 0 saturated carbocycles. The van der Waals surface area contributed by atoms with Crippen molar-refractivity contribution in [2.45, 2.75) is 59.0 Å². The topological polar surface area (TPSA) is 61.9 Å². The van der Waals surface area contributed by atoms with E-state index in [4.69, 9.17) is 4.74 Å². The maximum absolute atomic E-state index is 12.6. The van der Waals surface area contributed by atoms with Crippen LogP contribution in [0.25, 0.3) is 0 Å². The Morgan fingerprint density at radius 3 is 2.56 bits per heavy atom. The number of rotatable bonds is 7. The monoisotopic (exact) mass is 465 g/mol. The minimum absolute atomic E-state index is 0.0543. The molecule has 0 radical (unpaired) electrons. The molecule has 0 fully saturated rings. The van der Waals surface area contributed by atoms with Gasteiger partial charge < -0.3 is 15.0 Å². The van der Waals surface area contributed by atoms with Crippen LogP contribution in [0.15, 0.2) is 48.5 Å². The largest absolute Gasteiger partial charge is 0.493 e. The molecule has 3 rings (SSSR count). The summed E-state index contributed by atoms with van der Waals surface area (Å²) in [6.45, 7) is 8.50. The lowest BCUT2D eigenvalue weighted by Crippen LogP contribution is -2.37. The number of carbonyl (C=O) groups is 2. The van der Waals surface area contributed by atoms with Crippen molar-refractivity contribution in [3.05, 3.63) is 65.2 Å². The number of nitrogens with zero attached hydrogens (tertiary/aromatic N) is 2. The maximum atomic E-state index is 12.6.